The molecule has 0 spiro atoms. The predicted molar refractivity (Wildman–Crippen MR) is 162 cm³/mol. The van der Waals surface area contributed by atoms with Crippen molar-refractivity contribution in [2.24, 2.45) is 0 Å². The number of anilines is 1. The molecule has 1 heterocycles. The molecule has 0 aliphatic carbocycles. The first-order valence-electron chi connectivity index (χ1n) is 13.1. The Morgan fingerprint density at radius 3 is 2.38 bits per heavy atom. The van der Waals surface area contributed by atoms with E-state index in [1.807, 2.05) is 31.2 Å². The van der Waals surface area contributed by atoms with Crippen molar-refractivity contribution in [3.63, 3.8) is 0 Å². The van der Waals surface area contributed by atoms with Gasteiger partial charge in [0.15, 0.2) is 0 Å². The largest absolute Gasteiger partial charge is 0.492 e. The van der Waals surface area contributed by atoms with E-state index in [1.165, 1.54) is 6.07 Å². The molecule has 5 rings (SSSR count). The summed E-state index contributed by atoms with van der Waals surface area (Å²) in [6.45, 7) is 2.81. The Morgan fingerprint density at radius 1 is 1.00 bits per heavy atom. The van der Waals surface area contributed by atoms with Gasteiger partial charge >= 0.3 is 5.97 Å². The summed E-state index contributed by atoms with van der Waals surface area (Å²) in [5.74, 6) is 0.196. The zero-order valence-electron chi connectivity index (χ0n) is 22.3. The number of hydrogen-bond donors (Lipinski definition) is 4. The fourth-order valence-corrected chi connectivity index (χ4v) is 5.68. The number of aromatic carboxylic acids is 1. The lowest BCUT2D eigenvalue weighted by Crippen LogP contribution is -2.35. The Balaban J connectivity index is 0.00000405. The highest BCUT2D eigenvalue weighted by Gasteiger charge is 2.24. The van der Waals surface area contributed by atoms with Gasteiger partial charge in [-0.05, 0) is 66.1 Å². The average molecular weight is 591 g/mol. The fourth-order valence-electron chi connectivity index (χ4n) is 4.53. The molecule has 2 atom stereocenters. The number of fused-ring (bicyclic) bond motifs is 4. The number of nitrogens with one attached hydrogen (secondary N) is 2. The average Bonchev–Trinajstić information content (AvgIpc) is 2.98. The number of sulfonamides is 1. The lowest BCUT2D eigenvalue weighted by molar-refractivity contribution is 0.0697. The Morgan fingerprint density at radius 2 is 1.69 bits per heavy atom. The highest BCUT2D eigenvalue weighted by molar-refractivity contribution is 7.92. The number of ether oxygens (including phenoxy) is 2. The molecule has 42 heavy (non-hydrogen) atoms. The number of aliphatic hydroxyl groups excluding tert-OH is 1. The van der Waals surface area contributed by atoms with Crippen LogP contribution in [0.3, 0.4) is 0 Å². The zero-order chi connectivity index (χ0) is 29.0. The molecule has 0 unspecified atom stereocenters. The molecular formula is C32H34N2O7S. The van der Waals surface area contributed by atoms with Crippen molar-refractivity contribution in [2.75, 3.05) is 17.9 Å². The van der Waals surface area contributed by atoms with E-state index >= 15 is 0 Å². The second kappa shape index (κ2) is 13.1. The molecule has 1 aliphatic rings. The van der Waals surface area contributed by atoms with Crippen LogP contribution in [-0.2, 0) is 16.6 Å². The van der Waals surface area contributed by atoms with Crippen molar-refractivity contribution >= 4 is 21.7 Å². The Hall–Kier alpha value is -4.38. The van der Waals surface area contributed by atoms with Crippen molar-refractivity contribution in [3.05, 3.63) is 108 Å². The summed E-state index contributed by atoms with van der Waals surface area (Å²) in [4.78, 5) is 11.2. The SMILES string of the molecule is C.C[C@H](NCCOc1ccc(-c2ccc(C(=O)O)cc2)cc1)[C@H](O)c1ccc2cc1NS(=O)(=O)c1cccc(c1)CO2. The van der Waals surface area contributed by atoms with Crippen LogP contribution in [-0.4, -0.2) is 43.8 Å². The molecule has 0 radical (unpaired) electrons. The molecule has 4 aromatic rings. The van der Waals surface area contributed by atoms with E-state index in [0.29, 0.717) is 30.2 Å². The van der Waals surface area contributed by atoms with Crippen LogP contribution in [0.25, 0.3) is 11.1 Å². The van der Waals surface area contributed by atoms with Gasteiger partial charge in [0.05, 0.1) is 22.3 Å². The van der Waals surface area contributed by atoms with Crippen molar-refractivity contribution in [2.45, 2.75) is 38.0 Å². The van der Waals surface area contributed by atoms with Crippen LogP contribution in [0.4, 0.5) is 5.69 Å². The summed E-state index contributed by atoms with van der Waals surface area (Å²) in [6, 6.07) is 25.2. The van der Waals surface area contributed by atoms with Crippen molar-refractivity contribution < 1.29 is 32.9 Å². The molecule has 10 heteroatoms. The molecule has 9 nitrogen and oxygen atoms in total. The first kappa shape index (κ1) is 30.6. The minimum absolute atomic E-state index is 0. The summed E-state index contributed by atoms with van der Waals surface area (Å²) < 4.78 is 40.3. The number of carbonyl (C=O) groups is 1. The quantitative estimate of drug-likeness (QED) is 0.189. The van der Waals surface area contributed by atoms with Crippen LogP contribution >= 0.6 is 0 Å². The van der Waals surface area contributed by atoms with Crippen LogP contribution in [0.1, 0.15) is 41.9 Å². The molecule has 4 aromatic carbocycles. The maximum absolute atomic E-state index is 13.0. The normalized spacial score (nSPS) is 14.7. The number of aliphatic hydroxyl groups is 1. The minimum Gasteiger partial charge on any atom is -0.492 e. The van der Waals surface area contributed by atoms with E-state index in [9.17, 15) is 18.3 Å². The van der Waals surface area contributed by atoms with E-state index in [0.717, 1.165) is 16.7 Å². The molecular weight excluding hydrogens is 556 g/mol. The second-order valence-corrected chi connectivity index (χ2v) is 11.4. The number of rotatable bonds is 9. The second-order valence-electron chi connectivity index (χ2n) is 9.73. The topological polar surface area (TPSA) is 134 Å². The summed E-state index contributed by atoms with van der Waals surface area (Å²) in [5, 5.41) is 23.4. The number of hydrogen-bond acceptors (Lipinski definition) is 7. The van der Waals surface area contributed by atoms with E-state index in [-0.39, 0.29) is 30.2 Å². The molecule has 0 fully saturated rings. The van der Waals surface area contributed by atoms with Gasteiger partial charge in [0.2, 0.25) is 0 Å². The minimum atomic E-state index is -3.86. The lowest BCUT2D eigenvalue weighted by Gasteiger charge is -2.24. The van der Waals surface area contributed by atoms with Crippen LogP contribution in [0, 0.1) is 0 Å². The highest BCUT2D eigenvalue weighted by atomic mass is 32.2. The summed E-state index contributed by atoms with van der Waals surface area (Å²) in [5.41, 5.74) is 3.49. The maximum atomic E-state index is 13.0. The molecule has 1 aliphatic heterocycles. The molecule has 0 amide bonds. The zero-order valence-corrected chi connectivity index (χ0v) is 23.1. The summed E-state index contributed by atoms with van der Waals surface area (Å²) >= 11 is 0. The molecule has 4 bridgehead atoms. The monoisotopic (exact) mass is 590 g/mol. The van der Waals surface area contributed by atoms with E-state index in [4.69, 9.17) is 14.6 Å². The number of benzene rings is 4. The van der Waals surface area contributed by atoms with E-state index in [2.05, 4.69) is 10.0 Å². The smallest absolute Gasteiger partial charge is 0.335 e. The van der Waals surface area contributed by atoms with Crippen molar-refractivity contribution in [1.29, 1.82) is 0 Å². The van der Waals surface area contributed by atoms with Crippen molar-refractivity contribution in [1.82, 2.24) is 5.32 Å². The van der Waals surface area contributed by atoms with Gasteiger partial charge in [0, 0.05) is 24.2 Å². The Kier molecular flexibility index (Phi) is 9.52. The van der Waals surface area contributed by atoms with Crippen LogP contribution in [0.5, 0.6) is 11.5 Å². The van der Waals surface area contributed by atoms with Crippen LogP contribution in [0.2, 0.25) is 0 Å². The van der Waals surface area contributed by atoms with Gasteiger partial charge in [-0.1, -0.05) is 49.9 Å². The molecule has 0 saturated carbocycles. The first-order valence-corrected chi connectivity index (χ1v) is 14.5. The Bertz CT molecular complexity index is 1640. The van der Waals surface area contributed by atoms with Gasteiger partial charge in [-0.2, -0.15) is 0 Å². The van der Waals surface area contributed by atoms with Crippen LogP contribution < -0.4 is 19.5 Å². The van der Waals surface area contributed by atoms with Gasteiger partial charge in [0.1, 0.15) is 24.7 Å². The first-order chi connectivity index (χ1) is 19.7. The Labute approximate surface area is 245 Å². The van der Waals surface area contributed by atoms with Gasteiger partial charge in [0.25, 0.3) is 10.0 Å². The van der Waals surface area contributed by atoms with Gasteiger partial charge in [-0.15, -0.1) is 0 Å². The molecule has 4 N–H and O–H groups in total. The van der Waals surface area contributed by atoms with Crippen LogP contribution in [0.15, 0.2) is 95.9 Å². The van der Waals surface area contributed by atoms with Gasteiger partial charge in [-0.3, -0.25) is 4.72 Å². The van der Waals surface area contributed by atoms with Crippen molar-refractivity contribution in [3.8, 4) is 22.6 Å². The third kappa shape index (κ3) is 7.09. The highest BCUT2D eigenvalue weighted by Crippen LogP contribution is 2.32. The van der Waals surface area contributed by atoms with Gasteiger partial charge < -0.3 is 25.0 Å². The number of carboxylic acids is 1. The molecule has 0 aromatic heterocycles. The third-order valence-electron chi connectivity index (χ3n) is 6.83. The summed E-state index contributed by atoms with van der Waals surface area (Å²) in [7, 11) is -3.86. The van der Waals surface area contributed by atoms with Gasteiger partial charge in [-0.25, -0.2) is 13.2 Å². The predicted octanol–water partition coefficient (Wildman–Crippen LogP) is 5.47. The fraction of sp³-hybridized carbons (Fsp3) is 0.219. The van der Waals surface area contributed by atoms with E-state index in [1.54, 1.807) is 60.7 Å². The maximum Gasteiger partial charge on any atom is 0.335 e. The standard InChI is InChI=1S/C31H30N2O7S.CH4/c1-20(32-15-16-39-25-11-9-23(10-12-25)22-5-7-24(8-6-22)31(35)36)30(34)28-14-13-26-18-29(28)33-41(37,38)27-4-2-3-21(17-27)19-40-26;/h2-14,17-18,20,30,32-34H,15-16,19H2,1H3,(H,35,36);1H4/t20-,30-;/m0./s1. The lowest BCUT2D eigenvalue weighted by atomic mass is 10.0. The molecule has 0 saturated heterocycles. The van der Waals surface area contributed by atoms with E-state index < -0.39 is 28.1 Å². The molecule has 220 valence electrons. The number of carboxylic acid groups (broad SMARTS) is 1. The third-order valence-corrected chi connectivity index (χ3v) is 8.20. The summed E-state index contributed by atoms with van der Waals surface area (Å²) in [6.07, 6.45) is -1.01.